The predicted molar refractivity (Wildman–Crippen MR) is 144 cm³/mol. The number of aromatic hydroxyl groups is 3. The molecule has 0 aliphatic carbocycles. The summed E-state index contributed by atoms with van der Waals surface area (Å²) in [5.74, 6) is -1.67. The molecule has 6 N–H and O–H groups in total. The van der Waals surface area contributed by atoms with E-state index in [9.17, 15) is 40.2 Å². The van der Waals surface area contributed by atoms with Crippen LogP contribution in [0.2, 0.25) is 0 Å². The summed E-state index contributed by atoms with van der Waals surface area (Å²) in [5.41, 5.74) is 1.16. The van der Waals surface area contributed by atoms with Crippen LogP contribution in [0.3, 0.4) is 0 Å². The second-order valence-corrected chi connectivity index (χ2v) is 9.79. The minimum atomic E-state index is -1.75. The molecule has 0 bridgehead atoms. The fourth-order valence-corrected chi connectivity index (χ4v) is 4.71. The number of esters is 1. The van der Waals surface area contributed by atoms with Crippen molar-refractivity contribution in [2.24, 2.45) is 0 Å². The number of ether oxygens (including phenoxy) is 4. The number of rotatable bonds is 7. The number of carbonyl (C=O) groups is 2. The predicted octanol–water partition coefficient (Wildman–Crippen LogP) is 1.95. The Bertz CT molecular complexity index is 1460. The maximum Gasteiger partial charge on any atom is 0.331 e. The fraction of sp³-hybridized carbons (Fsp3) is 0.267. The molecule has 3 aromatic carbocycles. The Balaban J connectivity index is 1.28. The van der Waals surface area contributed by atoms with E-state index in [4.69, 9.17) is 18.9 Å². The Labute approximate surface area is 239 Å². The van der Waals surface area contributed by atoms with Gasteiger partial charge in [0.25, 0.3) is 0 Å². The van der Waals surface area contributed by atoms with Crippen molar-refractivity contribution in [1.82, 2.24) is 0 Å². The third kappa shape index (κ3) is 6.16. The largest absolute Gasteiger partial charge is 0.508 e. The lowest BCUT2D eigenvalue weighted by molar-refractivity contribution is -0.280. The van der Waals surface area contributed by atoms with E-state index in [0.29, 0.717) is 11.1 Å². The fourth-order valence-electron chi connectivity index (χ4n) is 4.71. The van der Waals surface area contributed by atoms with Gasteiger partial charge in [0.15, 0.2) is 11.9 Å². The van der Waals surface area contributed by atoms with Crippen molar-refractivity contribution in [1.29, 1.82) is 0 Å². The van der Waals surface area contributed by atoms with Gasteiger partial charge in [-0.25, -0.2) is 4.79 Å². The van der Waals surface area contributed by atoms with Gasteiger partial charge in [-0.2, -0.15) is 0 Å². The van der Waals surface area contributed by atoms with Crippen molar-refractivity contribution < 1.29 is 59.2 Å². The first-order chi connectivity index (χ1) is 20.1. The van der Waals surface area contributed by atoms with Gasteiger partial charge in [-0.05, 0) is 41.5 Å². The van der Waals surface area contributed by atoms with E-state index >= 15 is 0 Å². The number of fused-ring (bicyclic) bond motifs is 1. The summed E-state index contributed by atoms with van der Waals surface area (Å²) in [4.78, 5) is 25.2. The molecule has 6 unspecified atom stereocenters. The van der Waals surface area contributed by atoms with E-state index in [1.54, 1.807) is 24.3 Å². The van der Waals surface area contributed by atoms with Crippen molar-refractivity contribution >= 4 is 17.8 Å². The highest BCUT2D eigenvalue weighted by Crippen LogP contribution is 2.42. The van der Waals surface area contributed by atoms with Crippen molar-refractivity contribution in [2.45, 2.75) is 43.2 Å². The molecule has 0 saturated carbocycles. The summed E-state index contributed by atoms with van der Waals surface area (Å²) >= 11 is 0. The minimum Gasteiger partial charge on any atom is -0.508 e. The zero-order chi connectivity index (χ0) is 30.0. The number of benzene rings is 3. The topological polar surface area (TPSA) is 192 Å². The standard InChI is InChI=1S/C30H28O12/c31-14-24-29(42-25(36)10-3-15-1-6-17(32)7-2-15)27(37)28(38)30(41-24)39-19-11-20(34)26-21(35)13-22(40-23(26)12-19)16-4-8-18(33)9-5-16/h1-12,22,24,27-34,37-38H,13-14H2/b10-3+. The van der Waals surface area contributed by atoms with Crippen LogP contribution < -0.4 is 9.47 Å². The number of aliphatic hydroxyl groups is 3. The maximum absolute atomic E-state index is 12.8. The van der Waals surface area contributed by atoms with Crippen LogP contribution in [0.5, 0.6) is 28.7 Å². The summed E-state index contributed by atoms with van der Waals surface area (Å²) < 4.78 is 22.5. The first-order valence-corrected chi connectivity index (χ1v) is 13.0. The molecule has 12 nitrogen and oxygen atoms in total. The second kappa shape index (κ2) is 12.1. The number of hydrogen-bond donors (Lipinski definition) is 6. The Hall–Kier alpha value is -4.62. The van der Waals surface area contributed by atoms with Gasteiger partial charge in [0.2, 0.25) is 6.29 Å². The average Bonchev–Trinajstić information content (AvgIpc) is 2.96. The van der Waals surface area contributed by atoms with E-state index in [2.05, 4.69) is 0 Å². The number of ketones is 1. The number of phenolic OH excluding ortho intramolecular Hbond substituents is 3. The number of hydrogen-bond acceptors (Lipinski definition) is 12. The lowest BCUT2D eigenvalue weighted by Gasteiger charge is -2.41. The van der Waals surface area contributed by atoms with Crippen LogP contribution in [0.1, 0.15) is 34.0 Å². The number of phenols is 3. The third-order valence-corrected chi connectivity index (χ3v) is 6.87. The Morgan fingerprint density at radius 2 is 1.62 bits per heavy atom. The molecule has 0 spiro atoms. The van der Waals surface area contributed by atoms with Gasteiger partial charge in [0, 0.05) is 18.2 Å². The first kappa shape index (κ1) is 28.9. The summed E-state index contributed by atoms with van der Waals surface area (Å²) in [6, 6.07) is 14.5. The molecule has 42 heavy (non-hydrogen) atoms. The summed E-state index contributed by atoms with van der Waals surface area (Å²) in [6.45, 7) is -0.704. The van der Waals surface area contributed by atoms with Crippen molar-refractivity contribution in [3.05, 3.63) is 83.4 Å². The smallest absolute Gasteiger partial charge is 0.331 e. The van der Waals surface area contributed by atoms with Gasteiger partial charge in [0.05, 0.1) is 13.0 Å². The van der Waals surface area contributed by atoms with Gasteiger partial charge in [-0.1, -0.05) is 24.3 Å². The maximum atomic E-state index is 12.8. The normalized spacial score (nSPS) is 25.5. The number of aliphatic hydroxyl groups excluding tert-OH is 3. The van der Waals surface area contributed by atoms with Crippen LogP contribution in [-0.2, 0) is 14.3 Å². The molecule has 1 fully saturated rings. The van der Waals surface area contributed by atoms with E-state index in [-0.39, 0.29) is 40.8 Å². The molecule has 12 heteroatoms. The van der Waals surface area contributed by atoms with Crippen molar-refractivity contribution in [3.8, 4) is 28.7 Å². The first-order valence-electron chi connectivity index (χ1n) is 13.0. The Morgan fingerprint density at radius 1 is 0.952 bits per heavy atom. The molecule has 5 rings (SSSR count). The zero-order valence-electron chi connectivity index (χ0n) is 21.9. The average molecular weight is 581 g/mol. The highest BCUT2D eigenvalue weighted by atomic mass is 16.7. The summed E-state index contributed by atoms with van der Waals surface area (Å²) in [5, 5.41) is 60.8. The summed E-state index contributed by atoms with van der Waals surface area (Å²) in [6.07, 6.45) is -6.05. The minimum absolute atomic E-state index is 0.0103. The van der Waals surface area contributed by atoms with Gasteiger partial charge >= 0.3 is 5.97 Å². The van der Waals surface area contributed by atoms with E-state index in [1.165, 1.54) is 36.4 Å². The monoisotopic (exact) mass is 580 g/mol. The zero-order valence-corrected chi connectivity index (χ0v) is 21.9. The molecule has 2 heterocycles. The van der Waals surface area contributed by atoms with Gasteiger partial charge in [0.1, 0.15) is 58.7 Å². The van der Waals surface area contributed by atoms with Crippen LogP contribution in [-0.4, -0.2) is 79.7 Å². The molecule has 6 atom stereocenters. The highest BCUT2D eigenvalue weighted by Gasteiger charge is 2.47. The van der Waals surface area contributed by atoms with Crippen LogP contribution in [0.4, 0.5) is 0 Å². The van der Waals surface area contributed by atoms with Gasteiger partial charge in [-0.3, -0.25) is 4.79 Å². The van der Waals surface area contributed by atoms with Gasteiger partial charge < -0.3 is 49.6 Å². The molecule has 0 amide bonds. The molecule has 0 radical (unpaired) electrons. The molecular weight excluding hydrogens is 552 g/mol. The van der Waals surface area contributed by atoms with Gasteiger partial charge in [-0.15, -0.1) is 0 Å². The highest BCUT2D eigenvalue weighted by molar-refractivity contribution is 6.02. The molecule has 0 aromatic heterocycles. The number of Topliss-reactive ketones (excluding diaryl/α,β-unsaturated/α-hetero) is 1. The summed E-state index contributed by atoms with van der Waals surface area (Å²) in [7, 11) is 0. The lowest BCUT2D eigenvalue weighted by Crippen LogP contribution is -2.61. The molecule has 2 aliphatic rings. The molecule has 1 saturated heterocycles. The molecule has 3 aromatic rings. The molecule has 2 aliphatic heterocycles. The SMILES string of the molecule is O=C(/C=C/c1ccc(O)cc1)OC1C(CO)OC(Oc2cc(O)c3c(c2)OC(c2ccc(O)cc2)CC3=O)C(O)C1O. The second-order valence-electron chi connectivity index (χ2n) is 9.79. The van der Waals surface area contributed by atoms with Crippen molar-refractivity contribution in [3.63, 3.8) is 0 Å². The van der Waals surface area contributed by atoms with Crippen LogP contribution in [0.25, 0.3) is 6.08 Å². The van der Waals surface area contributed by atoms with Crippen LogP contribution in [0.15, 0.2) is 66.7 Å². The van der Waals surface area contributed by atoms with Crippen LogP contribution in [0, 0.1) is 0 Å². The van der Waals surface area contributed by atoms with E-state index < -0.39 is 55.1 Å². The lowest BCUT2D eigenvalue weighted by atomic mass is 9.95. The van der Waals surface area contributed by atoms with Crippen LogP contribution >= 0.6 is 0 Å². The van der Waals surface area contributed by atoms with E-state index in [0.717, 1.165) is 12.1 Å². The Morgan fingerprint density at radius 3 is 2.29 bits per heavy atom. The number of carbonyl (C=O) groups excluding carboxylic acids is 2. The third-order valence-electron chi connectivity index (χ3n) is 6.87. The quantitative estimate of drug-likeness (QED) is 0.176. The van der Waals surface area contributed by atoms with E-state index in [1.807, 2.05) is 0 Å². The molecule has 220 valence electrons. The Kier molecular flexibility index (Phi) is 8.31. The van der Waals surface area contributed by atoms with Crippen molar-refractivity contribution in [2.75, 3.05) is 6.61 Å². The molecular formula is C30H28O12.